The van der Waals surface area contributed by atoms with Gasteiger partial charge in [-0.1, -0.05) is 72.8 Å². The molecule has 5 heteroatoms. The highest BCUT2D eigenvalue weighted by atomic mass is 16.2. The summed E-state index contributed by atoms with van der Waals surface area (Å²) in [6, 6.07) is 27.6. The summed E-state index contributed by atoms with van der Waals surface area (Å²) in [4.78, 5) is 12.2. The Balaban J connectivity index is 1.42. The monoisotopic (exact) mass is 374 g/mol. The van der Waals surface area contributed by atoms with Crippen molar-refractivity contribution < 1.29 is 4.79 Å². The van der Waals surface area contributed by atoms with Crippen LogP contribution in [0.5, 0.6) is 0 Å². The first-order valence-electron chi connectivity index (χ1n) is 9.47. The van der Waals surface area contributed by atoms with Gasteiger partial charge in [-0.25, -0.2) is 4.79 Å². The van der Waals surface area contributed by atoms with Gasteiger partial charge in [0.25, 0.3) is 0 Å². The summed E-state index contributed by atoms with van der Waals surface area (Å²) >= 11 is 0. The fraction of sp³-hybridized carbons (Fsp3) is 0.174. The normalized spacial score (nSPS) is 10.3. The van der Waals surface area contributed by atoms with Gasteiger partial charge in [-0.05, 0) is 23.3 Å². The fourth-order valence-electron chi connectivity index (χ4n) is 2.81. The summed E-state index contributed by atoms with van der Waals surface area (Å²) in [5.41, 5.74) is 3.99. The topological polar surface area (TPSA) is 65.2 Å². The maximum absolute atomic E-state index is 12.2. The molecule has 0 aliphatic carbocycles. The third-order valence-electron chi connectivity index (χ3n) is 4.26. The highest BCUT2D eigenvalue weighted by Crippen LogP contribution is 2.20. The van der Waals surface area contributed by atoms with Gasteiger partial charge in [0, 0.05) is 26.2 Å². The molecule has 3 aromatic rings. The number of anilines is 2. The minimum Gasteiger partial charge on any atom is -0.382 e. The fourth-order valence-corrected chi connectivity index (χ4v) is 2.81. The van der Waals surface area contributed by atoms with E-state index in [2.05, 4.69) is 33.4 Å². The molecular formula is C23H26N4O. The van der Waals surface area contributed by atoms with Gasteiger partial charge in [0.2, 0.25) is 0 Å². The van der Waals surface area contributed by atoms with Crippen LogP contribution in [0.4, 0.5) is 16.2 Å². The first-order valence-corrected chi connectivity index (χ1v) is 9.47. The van der Waals surface area contributed by atoms with E-state index in [9.17, 15) is 4.79 Å². The number of amides is 2. The molecule has 2 amide bonds. The predicted octanol–water partition coefficient (Wildman–Crippen LogP) is 4.21. The van der Waals surface area contributed by atoms with Crippen molar-refractivity contribution in [2.24, 2.45) is 0 Å². The van der Waals surface area contributed by atoms with Crippen LogP contribution in [0.1, 0.15) is 11.1 Å². The molecule has 0 atom stereocenters. The number of rotatable bonds is 9. The number of urea groups is 1. The first-order chi connectivity index (χ1) is 13.8. The second kappa shape index (κ2) is 10.7. The maximum atomic E-state index is 12.2. The van der Waals surface area contributed by atoms with E-state index >= 15 is 0 Å². The van der Waals surface area contributed by atoms with Gasteiger partial charge in [0.1, 0.15) is 0 Å². The zero-order valence-electron chi connectivity index (χ0n) is 15.8. The van der Waals surface area contributed by atoms with E-state index in [0.29, 0.717) is 6.54 Å². The van der Waals surface area contributed by atoms with Crippen molar-refractivity contribution in [3.05, 3.63) is 96.1 Å². The van der Waals surface area contributed by atoms with Crippen LogP contribution in [0.2, 0.25) is 0 Å². The van der Waals surface area contributed by atoms with E-state index in [1.807, 2.05) is 72.8 Å². The number of hydrogen-bond donors (Lipinski definition) is 4. The lowest BCUT2D eigenvalue weighted by atomic mass is 10.2. The highest BCUT2D eigenvalue weighted by molar-refractivity contribution is 5.92. The molecule has 0 aliphatic heterocycles. The standard InChI is InChI=1S/C23H26N4O/c28-23(26-18-20-11-5-2-6-12-20)27-22-14-8-7-13-21(22)25-16-15-24-17-19-9-3-1-4-10-19/h1-14,24-25H,15-18H2,(H2,26,27,28). The minimum absolute atomic E-state index is 0.222. The number of nitrogens with one attached hydrogen (secondary N) is 4. The summed E-state index contributed by atoms with van der Waals surface area (Å²) in [5, 5.41) is 12.6. The number of benzene rings is 3. The smallest absolute Gasteiger partial charge is 0.319 e. The van der Waals surface area contributed by atoms with Gasteiger partial charge in [-0.15, -0.1) is 0 Å². The van der Waals surface area contributed by atoms with Crippen LogP contribution in [0.15, 0.2) is 84.9 Å². The Morgan fingerprint density at radius 1 is 0.643 bits per heavy atom. The van der Waals surface area contributed by atoms with Crippen LogP contribution in [0, 0.1) is 0 Å². The Labute approximate surface area is 166 Å². The molecule has 0 unspecified atom stereocenters. The van der Waals surface area contributed by atoms with Gasteiger partial charge < -0.3 is 21.3 Å². The average molecular weight is 374 g/mol. The second-order valence-electron chi connectivity index (χ2n) is 6.43. The van der Waals surface area contributed by atoms with Gasteiger partial charge >= 0.3 is 6.03 Å². The zero-order valence-corrected chi connectivity index (χ0v) is 15.8. The third-order valence-corrected chi connectivity index (χ3v) is 4.26. The van der Waals surface area contributed by atoms with Gasteiger partial charge in [0.05, 0.1) is 11.4 Å². The summed E-state index contributed by atoms with van der Waals surface area (Å²) in [5.74, 6) is 0. The molecule has 0 heterocycles. The second-order valence-corrected chi connectivity index (χ2v) is 6.43. The molecule has 0 aliphatic rings. The van der Waals surface area contributed by atoms with Crippen LogP contribution < -0.4 is 21.3 Å². The first kappa shape index (κ1) is 19.5. The number of carbonyl (C=O) groups excluding carboxylic acids is 1. The molecule has 0 fully saturated rings. The van der Waals surface area contributed by atoms with E-state index in [1.165, 1.54) is 5.56 Å². The lowest BCUT2D eigenvalue weighted by Crippen LogP contribution is -2.28. The van der Waals surface area contributed by atoms with Crippen LogP contribution >= 0.6 is 0 Å². The van der Waals surface area contributed by atoms with Crippen LogP contribution in [0.3, 0.4) is 0 Å². The molecule has 5 nitrogen and oxygen atoms in total. The van der Waals surface area contributed by atoms with Crippen molar-refractivity contribution in [1.29, 1.82) is 0 Å². The Bertz CT molecular complexity index is 853. The third kappa shape index (κ3) is 6.45. The molecule has 0 saturated heterocycles. The van der Waals surface area contributed by atoms with E-state index in [0.717, 1.165) is 36.6 Å². The largest absolute Gasteiger partial charge is 0.382 e. The van der Waals surface area contributed by atoms with E-state index in [4.69, 9.17) is 0 Å². The van der Waals surface area contributed by atoms with Gasteiger partial charge in [-0.2, -0.15) is 0 Å². The van der Waals surface area contributed by atoms with E-state index in [-0.39, 0.29) is 6.03 Å². The molecule has 28 heavy (non-hydrogen) atoms. The molecule has 0 aromatic heterocycles. The SMILES string of the molecule is O=C(NCc1ccccc1)Nc1ccccc1NCCNCc1ccccc1. The van der Waals surface area contributed by atoms with E-state index in [1.54, 1.807) is 0 Å². The molecule has 144 valence electrons. The van der Waals surface area contributed by atoms with Crippen molar-refractivity contribution in [2.75, 3.05) is 23.7 Å². The molecular weight excluding hydrogens is 348 g/mol. The summed E-state index contributed by atoms with van der Waals surface area (Å²) in [6.07, 6.45) is 0. The molecule has 4 N–H and O–H groups in total. The number of hydrogen-bond acceptors (Lipinski definition) is 3. The Kier molecular flexibility index (Phi) is 7.46. The van der Waals surface area contributed by atoms with Gasteiger partial charge in [-0.3, -0.25) is 0 Å². The van der Waals surface area contributed by atoms with Crippen LogP contribution in [0.25, 0.3) is 0 Å². The van der Waals surface area contributed by atoms with Crippen molar-refractivity contribution >= 4 is 17.4 Å². The van der Waals surface area contributed by atoms with Crippen molar-refractivity contribution in [2.45, 2.75) is 13.1 Å². The van der Waals surface area contributed by atoms with Gasteiger partial charge in [0.15, 0.2) is 0 Å². The lowest BCUT2D eigenvalue weighted by molar-refractivity contribution is 0.252. The minimum atomic E-state index is -0.222. The van der Waals surface area contributed by atoms with Crippen molar-refractivity contribution in [3.8, 4) is 0 Å². The van der Waals surface area contributed by atoms with Crippen molar-refractivity contribution in [3.63, 3.8) is 0 Å². The summed E-state index contributed by atoms with van der Waals surface area (Å²) in [7, 11) is 0. The van der Waals surface area contributed by atoms with Crippen molar-refractivity contribution in [1.82, 2.24) is 10.6 Å². The zero-order chi connectivity index (χ0) is 19.4. The number of para-hydroxylation sites is 2. The molecule has 0 spiro atoms. The highest BCUT2D eigenvalue weighted by Gasteiger charge is 2.06. The maximum Gasteiger partial charge on any atom is 0.319 e. The molecule has 0 radical (unpaired) electrons. The van der Waals surface area contributed by atoms with Crippen LogP contribution in [-0.2, 0) is 13.1 Å². The van der Waals surface area contributed by atoms with Crippen LogP contribution in [-0.4, -0.2) is 19.1 Å². The Morgan fingerprint density at radius 2 is 1.21 bits per heavy atom. The summed E-state index contributed by atoms with van der Waals surface area (Å²) < 4.78 is 0. The van der Waals surface area contributed by atoms with E-state index < -0.39 is 0 Å². The molecule has 0 bridgehead atoms. The Hall–Kier alpha value is -3.31. The molecule has 3 aromatic carbocycles. The molecule has 0 saturated carbocycles. The number of carbonyl (C=O) groups is 1. The Morgan fingerprint density at radius 3 is 1.89 bits per heavy atom. The summed E-state index contributed by atoms with van der Waals surface area (Å²) in [6.45, 7) is 2.91. The molecule has 3 rings (SSSR count). The average Bonchev–Trinajstić information content (AvgIpc) is 2.75. The predicted molar refractivity (Wildman–Crippen MR) is 115 cm³/mol. The quantitative estimate of drug-likeness (QED) is 0.424. The lowest BCUT2D eigenvalue weighted by Gasteiger charge is -2.14.